The zero-order valence-corrected chi connectivity index (χ0v) is 9.79. The number of hydrogen-bond acceptors (Lipinski definition) is 4. The molecule has 0 saturated carbocycles. The third-order valence-corrected chi connectivity index (χ3v) is 2.73. The maximum atomic E-state index is 5.10. The van der Waals surface area contributed by atoms with Crippen LogP contribution in [-0.4, -0.2) is 15.4 Å². The van der Waals surface area contributed by atoms with Crippen LogP contribution in [0.2, 0.25) is 0 Å². The summed E-state index contributed by atoms with van der Waals surface area (Å²) in [6.07, 6.45) is 1.84. The smallest absolute Gasteiger partial charge is 0.138 e. The zero-order valence-electron chi connectivity index (χ0n) is 9.79. The lowest BCUT2D eigenvalue weighted by Crippen LogP contribution is -2.13. The summed E-state index contributed by atoms with van der Waals surface area (Å²) in [5.41, 5.74) is 4.38. The van der Waals surface area contributed by atoms with Gasteiger partial charge in [-0.1, -0.05) is 5.16 Å². The van der Waals surface area contributed by atoms with Crippen LogP contribution in [-0.2, 0) is 13.1 Å². The molecule has 0 aliphatic rings. The SMILES string of the molecule is Cc1noc(C)c1CNCc1cn[nH]c1C. The fourth-order valence-corrected chi connectivity index (χ4v) is 1.63. The Morgan fingerprint density at radius 3 is 2.69 bits per heavy atom. The van der Waals surface area contributed by atoms with Crippen molar-refractivity contribution in [3.8, 4) is 0 Å². The van der Waals surface area contributed by atoms with Crippen molar-refractivity contribution in [2.75, 3.05) is 0 Å². The van der Waals surface area contributed by atoms with E-state index in [1.807, 2.05) is 27.0 Å². The van der Waals surface area contributed by atoms with Crippen LogP contribution < -0.4 is 5.32 Å². The largest absolute Gasteiger partial charge is 0.361 e. The Hall–Kier alpha value is -1.62. The maximum absolute atomic E-state index is 5.10. The minimum atomic E-state index is 0.770. The number of nitrogens with zero attached hydrogens (tertiary/aromatic N) is 2. The normalized spacial score (nSPS) is 10.9. The molecule has 16 heavy (non-hydrogen) atoms. The molecule has 0 unspecified atom stereocenters. The first-order valence-corrected chi connectivity index (χ1v) is 5.29. The first-order chi connectivity index (χ1) is 7.68. The Balaban J connectivity index is 1.92. The highest BCUT2D eigenvalue weighted by Gasteiger charge is 2.08. The van der Waals surface area contributed by atoms with Gasteiger partial charge in [0, 0.05) is 29.9 Å². The molecule has 0 aliphatic carbocycles. The minimum absolute atomic E-state index is 0.770. The Kier molecular flexibility index (Phi) is 3.05. The van der Waals surface area contributed by atoms with Gasteiger partial charge in [0.1, 0.15) is 5.76 Å². The van der Waals surface area contributed by atoms with Crippen LogP contribution in [0, 0.1) is 20.8 Å². The van der Waals surface area contributed by atoms with Gasteiger partial charge in [0.05, 0.1) is 11.9 Å². The molecule has 0 aromatic carbocycles. The van der Waals surface area contributed by atoms with Crippen molar-refractivity contribution in [1.82, 2.24) is 20.7 Å². The number of aryl methyl sites for hydroxylation is 3. The summed E-state index contributed by atoms with van der Waals surface area (Å²) in [6.45, 7) is 7.47. The lowest BCUT2D eigenvalue weighted by molar-refractivity contribution is 0.392. The van der Waals surface area contributed by atoms with Gasteiger partial charge < -0.3 is 9.84 Å². The van der Waals surface area contributed by atoms with Gasteiger partial charge in [0.2, 0.25) is 0 Å². The number of hydrogen-bond donors (Lipinski definition) is 2. The second kappa shape index (κ2) is 4.49. The summed E-state index contributed by atoms with van der Waals surface area (Å²) in [5, 5.41) is 14.2. The van der Waals surface area contributed by atoms with Crippen molar-refractivity contribution in [2.45, 2.75) is 33.9 Å². The van der Waals surface area contributed by atoms with E-state index in [2.05, 4.69) is 20.7 Å². The van der Waals surface area contributed by atoms with Gasteiger partial charge in [0.15, 0.2) is 0 Å². The van der Waals surface area contributed by atoms with E-state index in [0.29, 0.717) is 0 Å². The molecule has 2 N–H and O–H groups in total. The molecule has 0 saturated heterocycles. The molecular formula is C11H16N4O. The predicted molar refractivity (Wildman–Crippen MR) is 59.8 cm³/mol. The molecule has 86 valence electrons. The molecule has 0 fully saturated rings. The van der Waals surface area contributed by atoms with Gasteiger partial charge in [-0.15, -0.1) is 0 Å². The molecule has 0 bridgehead atoms. The Labute approximate surface area is 94.2 Å². The first kappa shape index (κ1) is 10.9. The Morgan fingerprint density at radius 2 is 2.12 bits per heavy atom. The fourth-order valence-electron chi connectivity index (χ4n) is 1.63. The van der Waals surface area contributed by atoms with E-state index in [-0.39, 0.29) is 0 Å². The van der Waals surface area contributed by atoms with E-state index in [0.717, 1.165) is 35.8 Å². The van der Waals surface area contributed by atoms with Crippen molar-refractivity contribution in [3.63, 3.8) is 0 Å². The number of aromatic nitrogens is 3. The standard InChI is InChI=1S/C11H16N4O/c1-7-10(5-13-14-7)4-12-6-11-8(2)15-16-9(11)3/h5,12H,4,6H2,1-3H3,(H,13,14). The van der Waals surface area contributed by atoms with Crippen LogP contribution in [0.1, 0.15) is 28.3 Å². The van der Waals surface area contributed by atoms with Gasteiger partial charge in [0.25, 0.3) is 0 Å². The summed E-state index contributed by atoms with van der Waals surface area (Å²) >= 11 is 0. The molecule has 0 radical (unpaired) electrons. The average molecular weight is 220 g/mol. The lowest BCUT2D eigenvalue weighted by atomic mass is 10.2. The molecule has 0 atom stereocenters. The van der Waals surface area contributed by atoms with Gasteiger partial charge in [-0.3, -0.25) is 5.10 Å². The maximum Gasteiger partial charge on any atom is 0.138 e. The van der Waals surface area contributed by atoms with Crippen molar-refractivity contribution < 1.29 is 4.52 Å². The molecule has 5 heteroatoms. The molecule has 0 amide bonds. The predicted octanol–water partition coefficient (Wildman–Crippen LogP) is 1.61. The van der Waals surface area contributed by atoms with E-state index in [4.69, 9.17) is 4.52 Å². The van der Waals surface area contributed by atoms with E-state index in [1.165, 1.54) is 5.56 Å². The highest BCUT2D eigenvalue weighted by atomic mass is 16.5. The molecule has 0 spiro atoms. The summed E-state index contributed by atoms with van der Waals surface area (Å²) in [5.74, 6) is 0.883. The van der Waals surface area contributed by atoms with Crippen molar-refractivity contribution in [3.05, 3.63) is 34.5 Å². The fraction of sp³-hybridized carbons (Fsp3) is 0.455. The second-order valence-corrected chi connectivity index (χ2v) is 3.93. The van der Waals surface area contributed by atoms with Crippen LogP contribution in [0.3, 0.4) is 0 Å². The number of aromatic amines is 1. The van der Waals surface area contributed by atoms with Crippen molar-refractivity contribution in [1.29, 1.82) is 0 Å². The summed E-state index contributed by atoms with van der Waals surface area (Å²) in [6, 6.07) is 0. The van der Waals surface area contributed by atoms with Crippen LogP contribution in [0.5, 0.6) is 0 Å². The zero-order chi connectivity index (χ0) is 11.5. The minimum Gasteiger partial charge on any atom is -0.361 e. The second-order valence-electron chi connectivity index (χ2n) is 3.93. The molecule has 2 heterocycles. The van der Waals surface area contributed by atoms with Crippen LogP contribution >= 0.6 is 0 Å². The molecule has 0 aliphatic heterocycles. The lowest BCUT2D eigenvalue weighted by Gasteiger charge is -2.03. The highest BCUT2D eigenvalue weighted by Crippen LogP contribution is 2.12. The summed E-state index contributed by atoms with van der Waals surface area (Å²) < 4.78 is 5.10. The van der Waals surface area contributed by atoms with E-state index in [9.17, 15) is 0 Å². The molecule has 2 aromatic rings. The third kappa shape index (κ3) is 2.14. The average Bonchev–Trinajstić information content (AvgIpc) is 2.79. The van der Waals surface area contributed by atoms with Crippen LogP contribution in [0.25, 0.3) is 0 Å². The molecule has 2 aromatic heterocycles. The van der Waals surface area contributed by atoms with Gasteiger partial charge in [-0.05, 0) is 20.8 Å². The highest BCUT2D eigenvalue weighted by molar-refractivity contribution is 5.21. The number of H-pyrrole nitrogens is 1. The molecule has 5 nitrogen and oxygen atoms in total. The quantitative estimate of drug-likeness (QED) is 0.821. The molecule has 2 rings (SSSR count). The topological polar surface area (TPSA) is 66.7 Å². The summed E-state index contributed by atoms with van der Waals surface area (Å²) in [4.78, 5) is 0. The monoisotopic (exact) mass is 220 g/mol. The van der Waals surface area contributed by atoms with Gasteiger partial charge >= 0.3 is 0 Å². The van der Waals surface area contributed by atoms with Gasteiger partial charge in [-0.25, -0.2) is 0 Å². The van der Waals surface area contributed by atoms with Crippen molar-refractivity contribution in [2.24, 2.45) is 0 Å². The molecular weight excluding hydrogens is 204 g/mol. The van der Waals surface area contributed by atoms with E-state index < -0.39 is 0 Å². The van der Waals surface area contributed by atoms with E-state index >= 15 is 0 Å². The van der Waals surface area contributed by atoms with Crippen LogP contribution in [0.4, 0.5) is 0 Å². The van der Waals surface area contributed by atoms with Gasteiger partial charge in [-0.2, -0.15) is 5.10 Å². The number of rotatable bonds is 4. The number of nitrogens with one attached hydrogen (secondary N) is 2. The summed E-state index contributed by atoms with van der Waals surface area (Å²) in [7, 11) is 0. The van der Waals surface area contributed by atoms with Crippen LogP contribution in [0.15, 0.2) is 10.7 Å². The van der Waals surface area contributed by atoms with Crippen molar-refractivity contribution >= 4 is 0 Å². The Bertz CT molecular complexity index is 453. The Morgan fingerprint density at radius 1 is 1.31 bits per heavy atom. The third-order valence-electron chi connectivity index (χ3n) is 2.73. The first-order valence-electron chi connectivity index (χ1n) is 5.29. The van der Waals surface area contributed by atoms with E-state index in [1.54, 1.807) is 0 Å².